The molecule has 1 amide bonds. The van der Waals surface area contributed by atoms with E-state index in [1.165, 1.54) is 11.0 Å². The molecule has 0 saturated carbocycles. The zero-order valence-electron chi connectivity index (χ0n) is 11.5. The molecule has 2 aromatic rings. The summed E-state index contributed by atoms with van der Waals surface area (Å²) < 4.78 is 13.6. The van der Waals surface area contributed by atoms with E-state index >= 15 is 0 Å². The second-order valence-corrected chi connectivity index (χ2v) is 4.75. The van der Waals surface area contributed by atoms with Crippen LogP contribution in [0.5, 0.6) is 0 Å². The standard InChI is InChI=1S/C15H15FN2O3/c1-18(7-3-5-13(19)20)15(21)12-9-11(16)8-10-4-2-6-17-14(10)12/h2,4,6,8-9H,3,5,7H2,1H3,(H,19,20). The third-order valence-electron chi connectivity index (χ3n) is 3.13. The molecule has 110 valence electrons. The number of fused-ring (bicyclic) bond motifs is 1. The molecule has 1 aromatic carbocycles. The number of carbonyl (C=O) groups is 2. The number of amides is 1. The molecule has 0 radical (unpaired) electrons. The van der Waals surface area contributed by atoms with E-state index in [9.17, 15) is 14.0 Å². The van der Waals surface area contributed by atoms with Gasteiger partial charge in [0.1, 0.15) is 5.82 Å². The predicted molar refractivity (Wildman–Crippen MR) is 75.5 cm³/mol. The molecule has 0 bridgehead atoms. The summed E-state index contributed by atoms with van der Waals surface area (Å²) in [5, 5.41) is 9.15. The fourth-order valence-electron chi connectivity index (χ4n) is 2.09. The van der Waals surface area contributed by atoms with Gasteiger partial charge in [-0.3, -0.25) is 14.6 Å². The predicted octanol–water partition coefficient (Wildman–Crippen LogP) is 2.31. The van der Waals surface area contributed by atoms with Crippen LogP contribution in [0.2, 0.25) is 0 Å². The van der Waals surface area contributed by atoms with Gasteiger partial charge >= 0.3 is 5.97 Å². The van der Waals surface area contributed by atoms with Crippen molar-refractivity contribution in [2.45, 2.75) is 12.8 Å². The molecular formula is C15H15FN2O3. The van der Waals surface area contributed by atoms with Gasteiger partial charge in [-0.15, -0.1) is 0 Å². The number of aromatic nitrogens is 1. The number of aliphatic carboxylic acids is 1. The molecule has 1 N–H and O–H groups in total. The number of rotatable bonds is 5. The van der Waals surface area contributed by atoms with E-state index in [0.717, 1.165) is 6.07 Å². The number of halogens is 1. The highest BCUT2D eigenvalue weighted by Gasteiger charge is 2.17. The van der Waals surface area contributed by atoms with Gasteiger partial charge in [-0.25, -0.2) is 4.39 Å². The van der Waals surface area contributed by atoms with Gasteiger partial charge in [0.25, 0.3) is 5.91 Å². The first-order valence-electron chi connectivity index (χ1n) is 6.50. The van der Waals surface area contributed by atoms with E-state index in [-0.39, 0.29) is 24.4 Å². The monoisotopic (exact) mass is 290 g/mol. The van der Waals surface area contributed by atoms with Crippen molar-refractivity contribution in [3.8, 4) is 0 Å². The van der Waals surface area contributed by atoms with Crippen LogP contribution in [0.1, 0.15) is 23.2 Å². The minimum Gasteiger partial charge on any atom is -0.481 e. The van der Waals surface area contributed by atoms with Gasteiger partial charge in [0, 0.05) is 31.6 Å². The van der Waals surface area contributed by atoms with Gasteiger partial charge in [0.2, 0.25) is 0 Å². The third-order valence-corrected chi connectivity index (χ3v) is 3.13. The van der Waals surface area contributed by atoms with Crippen LogP contribution in [-0.4, -0.2) is 40.5 Å². The van der Waals surface area contributed by atoms with Crippen LogP contribution in [-0.2, 0) is 4.79 Å². The van der Waals surface area contributed by atoms with E-state index in [1.807, 2.05) is 0 Å². The Balaban J connectivity index is 2.24. The van der Waals surface area contributed by atoms with E-state index in [2.05, 4.69) is 4.98 Å². The molecule has 0 fully saturated rings. The van der Waals surface area contributed by atoms with Crippen LogP contribution in [0.25, 0.3) is 10.9 Å². The zero-order chi connectivity index (χ0) is 15.4. The van der Waals surface area contributed by atoms with E-state index in [0.29, 0.717) is 17.3 Å². The maximum absolute atomic E-state index is 13.6. The highest BCUT2D eigenvalue weighted by Crippen LogP contribution is 2.19. The topological polar surface area (TPSA) is 70.5 Å². The number of nitrogens with zero attached hydrogens (tertiary/aromatic N) is 2. The van der Waals surface area contributed by atoms with Crippen LogP contribution in [0.15, 0.2) is 30.5 Å². The minimum atomic E-state index is -0.909. The van der Waals surface area contributed by atoms with Crippen LogP contribution in [0.4, 0.5) is 4.39 Å². The fraction of sp³-hybridized carbons (Fsp3) is 0.267. The summed E-state index contributed by atoms with van der Waals surface area (Å²) in [6, 6.07) is 5.84. The lowest BCUT2D eigenvalue weighted by Gasteiger charge is -2.17. The second kappa shape index (κ2) is 6.30. The average molecular weight is 290 g/mol. The molecule has 0 aliphatic heterocycles. The first kappa shape index (κ1) is 14.9. The SMILES string of the molecule is CN(CCCC(=O)O)C(=O)c1cc(F)cc2cccnc12. The molecule has 5 nitrogen and oxygen atoms in total. The Morgan fingerprint density at radius 3 is 2.86 bits per heavy atom. The molecule has 6 heteroatoms. The van der Waals surface area contributed by atoms with Gasteiger partial charge in [-0.1, -0.05) is 6.07 Å². The number of hydrogen-bond acceptors (Lipinski definition) is 3. The quantitative estimate of drug-likeness (QED) is 0.917. The molecule has 0 unspecified atom stereocenters. The largest absolute Gasteiger partial charge is 0.481 e. The smallest absolute Gasteiger partial charge is 0.303 e. The third kappa shape index (κ3) is 3.53. The van der Waals surface area contributed by atoms with Crippen LogP contribution in [0.3, 0.4) is 0 Å². The number of hydrogen-bond donors (Lipinski definition) is 1. The van der Waals surface area contributed by atoms with E-state index in [4.69, 9.17) is 5.11 Å². The Kier molecular flexibility index (Phi) is 4.47. The van der Waals surface area contributed by atoms with E-state index < -0.39 is 11.8 Å². The molecule has 1 heterocycles. The molecule has 0 spiro atoms. The van der Waals surface area contributed by atoms with Gasteiger partial charge in [0.05, 0.1) is 11.1 Å². The van der Waals surface area contributed by atoms with Gasteiger partial charge in [-0.2, -0.15) is 0 Å². The van der Waals surface area contributed by atoms with Gasteiger partial charge in [-0.05, 0) is 24.6 Å². The van der Waals surface area contributed by atoms with Crippen molar-refractivity contribution in [3.05, 3.63) is 41.8 Å². The molecule has 21 heavy (non-hydrogen) atoms. The number of pyridine rings is 1. The summed E-state index contributed by atoms with van der Waals surface area (Å²) in [6.07, 6.45) is 1.87. The number of carboxylic acids is 1. The summed E-state index contributed by atoms with van der Waals surface area (Å²) in [5.74, 6) is -1.78. The molecule has 0 aliphatic rings. The van der Waals surface area contributed by atoms with Crippen LogP contribution < -0.4 is 0 Å². The summed E-state index contributed by atoms with van der Waals surface area (Å²) in [6.45, 7) is 0.288. The average Bonchev–Trinajstić information content (AvgIpc) is 2.45. The van der Waals surface area contributed by atoms with E-state index in [1.54, 1.807) is 25.4 Å². The Bertz CT molecular complexity index is 688. The summed E-state index contributed by atoms with van der Waals surface area (Å²) >= 11 is 0. The van der Waals surface area contributed by atoms with Crippen molar-refractivity contribution < 1.29 is 19.1 Å². The Morgan fingerprint density at radius 1 is 1.38 bits per heavy atom. The molecule has 2 rings (SSSR count). The van der Waals surface area contributed by atoms with Crippen molar-refractivity contribution in [1.82, 2.24) is 9.88 Å². The lowest BCUT2D eigenvalue weighted by Crippen LogP contribution is -2.28. The number of carbonyl (C=O) groups excluding carboxylic acids is 1. The number of carboxylic acid groups (broad SMARTS) is 1. The maximum Gasteiger partial charge on any atom is 0.303 e. The normalized spacial score (nSPS) is 10.6. The summed E-state index contributed by atoms with van der Waals surface area (Å²) in [4.78, 5) is 28.3. The number of benzene rings is 1. The second-order valence-electron chi connectivity index (χ2n) is 4.75. The fourth-order valence-corrected chi connectivity index (χ4v) is 2.09. The summed E-state index contributed by atoms with van der Waals surface area (Å²) in [7, 11) is 1.56. The van der Waals surface area contributed by atoms with Gasteiger partial charge in [0.15, 0.2) is 0 Å². The molecule has 1 aromatic heterocycles. The maximum atomic E-state index is 13.6. The Hall–Kier alpha value is -2.50. The summed E-state index contributed by atoms with van der Waals surface area (Å²) in [5.41, 5.74) is 0.623. The van der Waals surface area contributed by atoms with Crippen molar-refractivity contribution in [1.29, 1.82) is 0 Å². The Labute approximate surface area is 121 Å². The molecular weight excluding hydrogens is 275 g/mol. The van der Waals surface area contributed by atoms with Crippen molar-refractivity contribution in [2.24, 2.45) is 0 Å². The van der Waals surface area contributed by atoms with Crippen molar-refractivity contribution >= 4 is 22.8 Å². The van der Waals surface area contributed by atoms with Crippen LogP contribution in [0, 0.1) is 5.82 Å². The van der Waals surface area contributed by atoms with Gasteiger partial charge < -0.3 is 10.0 Å². The van der Waals surface area contributed by atoms with Crippen LogP contribution >= 0.6 is 0 Å². The lowest BCUT2D eigenvalue weighted by molar-refractivity contribution is -0.137. The van der Waals surface area contributed by atoms with Crippen molar-refractivity contribution in [3.63, 3.8) is 0 Å². The first-order valence-corrected chi connectivity index (χ1v) is 6.50. The molecule has 0 aliphatic carbocycles. The Morgan fingerprint density at radius 2 is 2.14 bits per heavy atom. The highest BCUT2D eigenvalue weighted by molar-refractivity contribution is 6.05. The van der Waals surface area contributed by atoms with Crippen molar-refractivity contribution in [2.75, 3.05) is 13.6 Å². The zero-order valence-corrected chi connectivity index (χ0v) is 11.5. The molecule has 0 saturated heterocycles. The molecule has 0 atom stereocenters. The first-order chi connectivity index (χ1) is 9.99. The minimum absolute atomic E-state index is 0.0141. The lowest BCUT2D eigenvalue weighted by atomic mass is 10.1. The highest BCUT2D eigenvalue weighted by atomic mass is 19.1.